The molecule has 0 aromatic heterocycles. The molecular formula is C17H30IN3O. The molecule has 1 unspecified atom stereocenters. The Labute approximate surface area is 152 Å². The predicted octanol–water partition coefficient (Wildman–Crippen LogP) is 3.39. The van der Waals surface area contributed by atoms with Crippen LogP contribution in [0.15, 0.2) is 35.3 Å². The average Bonchev–Trinajstić information content (AvgIpc) is 2.54. The fourth-order valence-corrected chi connectivity index (χ4v) is 2.19. The molecule has 1 aromatic rings. The second kappa shape index (κ2) is 13.8. The van der Waals surface area contributed by atoms with Crippen LogP contribution in [0.25, 0.3) is 0 Å². The van der Waals surface area contributed by atoms with Gasteiger partial charge in [0.15, 0.2) is 5.96 Å². The molecule has 2 N–H and O–H groups in total. The number of hydrogen-bond acceptors (Lipinski definition) is 2. The minimum Gasteiger partial charge on any atom is -0.382 e. The molecule has 0 bridgehead atoms. The summed E-state index contributed by atoms with van der Waals surface area (Å²) in [5.74, 6) is 1.37. The molecule has 0 spiro atoms. The zero-order chi connectivity index (χ0) is 15.3. The molecule has 5 heteroatoms. The summed E-state index contributed by atoms with van der Waals surface area (Å²) in [6.07, 6.45) is 2.10. The van der Waals surface area contributed by atoms with Crippen molar-refractivity contribution in [2.24, 2.45) is 4.99 Å². The third-order valence-corrected chi connectivity index (χ3v) is 3.47. The van der Waals surface area contributed by atoms with Crippen molar-refractivity contribution in [1.29, 1.82) is 0 Å². The molecule has 0 aliphatic rings. The molecule has 4 nitrogen and oxygen atoms in total. The van der Waals surface area contributed by atoms with Gasteiger partial charge in [-0.2, -0.15) is 0 Å². The van der Waals surface area contributed by atoms with Crippen LogP contribution in [0.5, 0.6) is 0 Å². The van der Waals surface area contributed by atoms with Gasteiger partial charge in [-0.15, -0.1) is 24.0 Å². The van der Waals surface area contributed by atoms with Gasteiger partial charge >= 0.3 is 0 Å². The van der Waals surface area contributed by atoms with E-state index in [9.17, 15) is 0 Å². The Balaban J connectivity index is 0.00000441. The molecule has 1 atom stereocenters. The average molecular weight is 419 g/mol. The molecule has 126 valence electrons. The number of rotatable bonds is 9. The Morgan fingerprint density at radius 2 is 1.91 bits per heavy atom. The maximum atomic E-state index is 5.32. The first kappa shape index (κ1) is 21.2. The minimum absolute atomic E-state index is 0. The number of nitrogens with zero attached hydrogens (tertiary/aromatic N) is 1. The van der Waals surface area contributed by atoms with E-state index in [1.165, 1.54) is 5.56 Å². The molecule has 0 saturated heterocycles. The van der Waals surface area contributed by atoms with E-state index in [1.54, 1.807) is 7.05 Å². The first-order chi connectivity index (χ1) is 10.3. The monoisotopic (exact) mass is 419 g/mol. The van der Waals surface area contributed by atoms with Gasteiger partial charge in [-0.25, -0.2) is 0 Å². The molecule has 0 saturated carbocycles. The van der Waals surface area contributed by atoms with Crippen LogP contribution in [-0.2, 0) is 4.74 Å². The Bertz CT molecular complexity index is 398. The van der Waals surface area contributed by atoms with Gasteiger partial charge in [0, 0.05) is 39.3 Å². The summed E-state index contributed by atoms with van der Waals surface area (Å²) >= 11 is 0. The SMILES string of the molecule is CCOCCCNC(=NC)NCC(CC)c1ccccc1.I. The van der Waals surface area contributed by atoms with Crippen LogP contribution < -0.4 is 10.6 Å². The predicted molar refractivity (Wildman–Crippen MR) is 105 cm³/mol. The van der Waals surface area contributed by atoms with E-state index >= 15 is 0 Å². The zero-order valence-electron chi connectivity index (χ0n) is 14.0. The Morgan fingerprint density at radius 3 is 2.50 bits per heavy atom. The Morgan fingerprint density at radius 1 is 1.18 bits per heavy atom. The maximum Gasteiger partial charge on any atom is 0.190 e. The van der Waals surface area contributed by atoms with Gasteiger partial charge in [0.05, 0.1) is 0 Å². The summed E-state index contributed by atoms with van der Waals surface area (Å²) in [6, 6.07) is 10.6. The number of hydrogen-bond donors (Lipinski definition) is 2. The van der Waals surface area contributed by atoms with Crippen molar-refractivity contribution < 1.29 is 4.74 Å². The van der Waals surface area contributed by atoms with Gasteiger partial charge in [-0.05, 0) is 25.3 Å². The van der Waals surface area contributed by atoms with Crippen molar-refractivity contribution in [1.82, 2.24) is 10.6 Å². The third kappa shape index (κ3) is 8.58. The smallest absolute Gasteiger partial charge is 0.190 e. The number of ether oxygens (including phenoxy) is 1. The van der Waals surface area contributed by atoms with Crippen LogP contribution in [-0.4, -0.2) is 39.3 Å². The van der Waals surface area contributed by atoms with Gasteiger partial charge < -0.3 is 15.4 Å². The fraction of sp³-hybridized carbons (Fsp3) is 0.588. The van der Waals surface area contributed by atoms with Gasteiger partial charge in [-0.1, -0.05) is 37.3 Å². The van der Waals surface area contributed by atoms with Crippen molar-refractivity contribution in [3.63, 3.8) is 0 Å². The van der Waals surface area contributed by atoms with Crippen LogP contribution in [0.1, 0.15) is 38.2 Å². The Hall–Kier alpha value is -0.820. The van der Waals surface area contributed by atoms with Crippen molar-refractivity contribution >= 4 is 29.9 Å². The highest BCUT2D eigenvalue weighted by molar-refractivity contribution is 14.0. The van der Waals surface area contributed by atoms with Crippen LogP contribution in [0.4, 0.5) is 0 Å². The van der Waals surface area contributed by atoms with E-state index in [1.807, 2.05) is 6.92 Å². The van der Waals surface area contributed by atoms with Crippen molar-refractivity contribution in [3.05, 3.63) is 35.9 Å². The lowest BCUT2D eigenvalue weighted by molar-refractivity contribution is 0.145. The molecule has 1 rings (SSSR count). The lowest BCUT2D eigenvalue weighted by atomic mass is 9.97. The van der Waals surface area contributed by atoms with Crippen molar-refractivity contribution in [2.45, 2.75) is 32.6 Å². The maximum absolute atomic E-state index is 5.32. The quantitative estimate of drug-likeness (QED) is 0.279. The summed E-state index contributed by atoms with van der Waals surface area (Å²) < 4.78 is 5.32. The lowest BCUT2D eigenvalue weighted by Gasteiger charge is -2.18. The molecule has 1 aromatic carbocycles. The minimum atomic E-state index is 0. The van der Waals surface area contributed by atoms with Crippen LogP contribution in [0, 0.1) is 0 Å². The van der Waals surface area contributed by atoms with Crippen LogP contribution in [0.3, 0.4) is 0 Å². The van der Waals surface area contributed by atoms with E-state index < -0.39 is 0 Å². The molecule has 0 amide bonds. The highest BCUT2D eigenvalue weighted by atomic mass is 127. The zero-order valence-corrected chi connectivity index (χ0v) is 16.3. The van der Waals surface area contributed by atoms with E-state index in [0.717, 1.165) is 45.1 Å². The number of guanidine groups is 1. The molecule has 0 fully saturated rings. The second-order valence-corrected chi connectivity index (χ2v) is 4.95. The third-order valence-electron chi connectivity index (χ3n) is 3.47. The number of aliphatic imine (C=N–C) groups is 1. The number of nitrogens with one attached hydrogen (secondary N) is 2. The number of benzene rings is 1. The standard InChI is InChI=1S/C17H29N3O.HI/c1-4-15(16-10-7-6-8-11-16)14-20-17(18-3)19-12-9-13-21-5-2;/h6-8,10-11,15H,4-5,9,12-14H2,1-3H3,(H2,18,19,20);1H. The van der Waals surface area contributed by atoms with E-state index in [-0.39, 0.29) is 24.0 Å². The molecule has 0 heterocycles. The number of halogens is 1. The highest BCUT2D eigenvalue weighted by Gasteiger charge is 2.09. The normalized spacial score (nSPS) is 12.4. The van der Waals surface area contributed by atoms with Crippen LogP contribution >= 0.6 is 24.0 Å². The summed E-state index contributed by atoms with van der Waals surface area (Å²) in [5, 5.41) is 6.73. The van der Waals surface area contributed by atoms with Crippen LogP contribution in [0.2, 0.25) is 0 Å². The second-order valence-electron chi connectivity index (χ2n) is 4.95. The van der Waals surface area contributed by atoms with Gasteiger partial charge in [-0.3, -0.25) is 4.99 Å². The summed E-state index contributed by atoms with van der Waals surface area (Å²) in [4.78, 5) is 4.26. The molecular weight excluding hydrogens is 389 g/mol. The first-order valence-corrected chi connectivity index (χ1v) is 7.89. The molecule has 22 heavy (non-hydrogen) atoms. The lowest BCUT2D eigenvalue weighted by Crippen LogP contribution is -2.40. The van der Waals surface area contributed by atoms with E-state index in [2.05, 4.69) is 52.9 Å². The summed E-state index contributed by atoms with van der Waals surface area (Å²) in [5.41, 5.74) is 1.37. The van der Waals surface area contributed by atoms with Gasteiger partial charge in [0.2, 0.25) is 0 Å². The molecule has 0 aliphatic heterocycles. The highest BCUT2D eigenvalue weighted by Crippen LogP contribution is 2.17. The summed E-state index contributed by atoms with van der Waals surface area (Å²) in [7, 11) is 1.81. The summed E-state index contributed by atoms with van der Waals surface area (Å²) in [6.45, 7) is 7.58. The van der Waals surface area contributed by atoms with Crippen molar-refractivity contribution in [2.75, 3.05) is 33.4 Å². The molecule has 0 radical (unpaired) electrons. The van der Waals surface area contributed by atoms with E-state index in [0.29, 0.717) is 5.92 Å². The topological polar surface area (TPSA) is 45.6 Å². The molecule has 0 aliphatic carbocycles. The fourth-order valence-electron chi connectivity index (χ4n) is 2.19. The van der Waals surface area contributed by atoms with Gasteiger partial charge in [0.25, 0.3) is 0 Å². The van der Waals surface area contributed by atoms with Gasteiger partial charge in [0.1, 0.15) is 0 Å². The largest absolute Gasteiger partial charge is 0.382 e. The first-order valence-electron chi connectivity index (χ1n) is 7.89. The van der Waals surface area contributed by atoms with E-state index in [4.69, 9.17) is 4.74 Å². The van der Waals surface area contributed by atoms with Crippen molar-refractivity contribution in [3.8, 4) is 0 Å². The Kier molecular flexibility index (Phi) is 13.3.